The molecule has 11 heteroatoms. The first-order chi connectivity index (χ1) is 19.8. The Kier molecular flexibility index (Phi) is 8.99. The van der Waals surface area contributed by atoms with E-state index < -0.39 is 23.8 Å². The Morgan fingerprint density at radius 1 is 1.20 bits per heavy atom. The number of carbonyl (C=O) groups is 3. The molecule has 1 aromatic heterocycles. The minimum atomic E-state index is -0.901. The number of ether oxygens (including phenoxy) is 1. The van der Waals surface area contributed by atoms with Gasteiger partial charge in [-0.2, -0.15) is 0 Å². The summed E-state index contributed by atoms with van der Waals surface area (Å²) in [6.07, 6.45) is 12.9. The first-order valence-electron chi connectivity index (χ1n) is 13.8. The Balaban J connectivity index is 1.34. The molecule has 3 atom stereocenters. The van der Waals surface area contributed by atoms with E-state index in [2.05, 4.69) is 15.6 Å². The summed E-state index contributed by atoms with van der Waals surface area (Å²) in [6.45, 7) is 0.178. The fraction of sp³-hybridized carbons (Fsp3) is 0.400. The average Bonchev–Trinajstić information content (AvgIpc) is 3.73. The number of methoxy groups -OCH3 is 1. The number of rotatable bonds is 9. The molecule has 3 aliphatic rings. The molecular weight excluding hydrogens is 549 g/mol. The predicted molar refractivity (Wildman–Crippen MR) is 154 cm³/mol. The molecule has 3 heterocycles. The van der Waals surface area contributed by atoms with Crippen LogP contribution < -0.4 is 10.6 Å². The Hall–Kier alpha value is -3.76. The Morgan fingerprint density at radius 2 is 2.02 bits per heavy atom. The van der Waals surface area contributed by atoms with Gasteiger partial charge in [-0.15, -0.1) is 0 Å². The van der Waals surface area contributed by atoms with Crippen LogP contribution in [0.5, 0.6) is 0 Å². The standard InChI is InChI=1S/C30H33ClFN5O4/c1-41-22-16-26(37(18-22)30(40)35-27-13-10-21(31)17-33-27)29(39)34-24-15-20(9-11-23(24)32)25(12-8-19-6-7-19)36-14-4-2-3-5-28(36)38/h2-4,9-11,13-15,17,19,22,25-26H,5-8,12,16,18H2,1H3,(H,34,39)(H,33,35,40)/t22-,25?,26-/m1/s1. The molecule has 2 aliphatic heterocycles. The first-order valence-corrected chi connectivity index (χ1v) is 14.2. The maximum Gasteiger partial charge on any atom is 0.323 e. The molecule has 2 fully saturated rings. The molecule has 1 aliphatic carbocycles. The SMILES string of the molecule is CO[C@@H]1C[C@H](C(=O)Nc2cc(C(CCC3CC3)N3C=CC=CCC3=O)ccc2F)N(C(=O)Nc2ccc(Cl)cn2)C1. The second kappa shape index (κ2) is 12.8. The fourth-order valence-corrected chi connectivity index (χ4v) is 5.37. The van der Waals surface area contributed by atoms with E-state index in [9.17, 15) is 14.4 Å². The van der Waals surface area contributed by atoms with Gasteiger partial charge in [-0.3, -0.25) is 14.9 Å². The maximum atomic E-state index is 15.1. The van der Waals surface area contributed by atoms with Gasteiger partial charge in [0.1, 0.15) is 17.7 Å². The van der Waals surface area contributed by atoms with Crippen molar-refractivity contribution >= 4 is 41.0 Å². The van der Waals surface area contributed by atoms with Crippen molar-refractivity contribution in [1.29, 1.82) is 0 Å². The van der Waals surface area contributed by atoms with Gasteiger partial charge in [0.05, 0.1) is 22.9 Å². The van der Waals surface area contributed by atoms with Crippen molar-refractivity contribution in [1.82, 2.24) is 14.8 Å². The van der Waals surface area contributed by atoms with Gasteiger partial charge in [-0.1, -0.05) is 42.7 Å². The van der Waals surface area contributed by atoms with Crippen LogP contribution in [0.2, 0.25) is 5.02 Å². The minimum absolute atomic E-state index is 0.00566. The van der Waals surface area contributed by atoms with Gasteiger partial charge < -0.3 is 19.9 Å². The molecule has 0 bridgehead atoms. The van der Waals surface area contributed by atoms with E-state index in [1.165, 1.54) is 37.1 Å². The third-order valence-corrected chi connectivity index (χ3v) is 7.93. The van der Waals surface area contributed by atoms with Crippen molar-refractivity contribution in [2.75, 3.05) is 24.3 Å². The van der Waals surface area contributed by atoms with Crippen LogP contribution in [0.25, 0.3) is 0 Å². The molecule has 1 saturated carbocycles. The Bertz CT molecular complexity index is 1350. The number of pyridine rings is 1. The van der Waals surface area contributed by atoms with Crippen LogP contribution in [0.1, 0.15) is 50.1 Å². The summed E-state index contributed by atoms with van der Waals surface area (Å²) < 4.78 is 20.5. The van der Waals surface area contributed by atoms with Crippen molar-refractivity contribution in [3.8, 4) is 0 Å². The molecule has 1 unspecified atom stereocenters. The van der Waals surface area contributed by atoms with Gasteiger partial charge in [-0.05, 0) is 54.7 Å². The zero-order valence-corrected chi connectivity index (χ0v) is 23.5. The number of nitrogens with one attached hydrogen (secondary N) is 2. The molecule has 0 radical (unpaired) electrons. The Labute approximate surface area is 243 Å². The first kappa shape index (κ1) is 28.8. The molecule has 2 aromatic rings. The van der Waals surface area contributed by atoms with Gasteiger partial charge in [0.25, 0.3) is 0 Å². The van der Waals surface area contributed by atoms with E-state index in [1.807, 2.05) is 18.2 Å². The highest BCUT2D eigenvalue weighted by Crippen LogP contribution is 2.39. The van der Waals surface area contributed by atoms with Crippen LogP contribution in [0.4, 0.5) is 20.7 Å². The second-order valence-electron chi connectivity index (χ2n) is 10.6. The third-order valence-electron chi connectivity index (χ3n) is 7.71. The van der Waals surface area contributed by atoms with E-state index in [4.69, 9.17) is 16.3 Å². The van der Waals surface area contributed by atoms with E-state index >= 15 is 4.39 Å². The maximum absolute atomic E-state index is 15.1. The number of hydrogen-bond donors (Lipinski definition) is 2. The number of likely N-dealkylation sites (tertiary alicyclic amines) is 1. The van der Waals surface area contributed by atoms with Crippen molar-refractivity contribution in [2.24, 2.45) is 5.92 Å². The molecular formula is C30H33ClFN5O4. The smallest absolute Gasteiger partial charge is 0.323 e. The highest BCUT2D eigenvalue weighted by molar-refractivity contribution is 6.30. The lowest BCUT2D eigenvalue weighted by molar-refractivity contribution is -0.129. The Morgan fingerprint density at radius 3 is 2.76 bits per heavy atom. The number of allylic oxidation sites excluding steroid dienone is 2. The monoisotopic (exact) mass is 581 g/mol. The molecule has 216 valence electrons. The van der Waals surface area contributed by atoms with Crippen molar-refractivity contribution in [2.45, 2.75) is 56.7 Å². The van der Waals surface area contributed by atoms with E-state index in [0.29, 0.717) is 10.9 Å². The van der Waals surface area contributed by atoms with Crippen molar-refractivity contribution in [3.05, 3.63) is 77.4 Å². The van der Waals surface area contributed by atoms with E-state index in [1.54, 1.807) is 35.4 Å². The number of hydrogen-bond acceptors (Lipinski definition) is 5. The molecule has 5 rings (SSSR count). The lowest BCUT2D eigenvalue weighted by Crippen LogP contribution is -2.45. The number of carbonyl (C=O) groups excluding carboxylic acids is 3. The molecule has 2 N–H and O–H groups in total. The predicted octanol–water partition coefficient (Wildman–Crippen LogP) is 5.67. The minimum Gasteiger partial charge on any atom is -0.380 e. The summed E-state index contributed by atoms with van der Waals surface area (Å²) in [5, 5.41) is 5.79. The van der Waals surface area contributed by atoms with Crippen molar-refractivity contribution in [3.63, 3.8) is 0 Å². The van der Waals surface area contributed by atoms with Gasteiger partial charge in [0.2, 0.25) is 11.8 Å². The molecule has 1 saturated heterocycles. The lowest BCUT2D eigenvalue weighted by atomic mass is 9.97. The average molecular weight is 582 g/mol. The number of aromatic nitrogens is 1. The van der Waals surface area contributed by atoms with E-state index in [0.717, 1.165) is 18.4 Å². The normalized spacial score (nSPS) is 21.1. The number of nitrogens with zero attached hydrogens (tertiary/aromatic N) is 3. The van der Waals surface area contributed by atoms with Crippen LogP contribution in [0, 0.1) is 11.7 Å². The molecule has 9 nitrogen and oxygen atoms in total. The van der Waals surface area contributed by atoms with Gasteiger partial charge in [-0.25, -0.2) is 14.2 Å². The van der Waals surface area contributed by atoms with Gasteiger partial charge in [0.15, 0.2) is 0 Å². The zero-order chi connectivity index (χ0) is 28.9. The zero-order valence-electron chi connectivity index (χ0n) is 22.8. The summed E-state index contributed by atoms with van der Waals surface area (Å²) in [5.41, 5.74) is 0.723. The number of urea groups is 1. The second-order valence-corrected chi connectivity index (χ2v) is 11.0. The summed E-state index contributed by atoms with van der Waals surface area (Å²) in [6, 6.07) is 5.98. The van der Waals surface area contributed by atoms with Crippen LogP contribution >= 0.6 is 11.6 Å². The summed E-state index contributed by atoms with van der Waals surface area (Å²) >= 11 is 5.88. The summed E-state index contributed by atoms with van der Waals surface area (Å²) in [4.78, 5) is 46.6. The number of anilines is 2. The molecule has 0 spiro atoms. The molecule has 4 amide bonds. The van der Waals surface area contributed by atoms with E-state index in [-0.39, 0.29) is 48.9 Å². The summed E-state index contributed by atoms with van der Waals surface area (Å²) in [5.74, 6) is -0.256. The quantitative estimate of drug-likeness (QED) is 0.397. The lowest BCUT2D eigenvalue weighted by Gasteiger charge is -2.29. The third kappa shape index (κ3) is 7.12. The van der Waals surface area contributed by atoms with Gasteiger partial charge >= 0.3 is 6.03 Å². The molecule has 41 heavy (non-hydrogen) atoms. The topological polar surface area (TPSA) is 104 Å². The summed E-state index contributed by atoms with van der Waals surface area (Å²) in [7, 11) is 1.51. The van der Waals surface area contributed by atoms with Crippen LogP contribution in [0.3, 0.4) is 0 Å². The number of benzene rings is 1. The van der Waals surface area contributed by atoms with Gasteiger partial charge in [0, 0.05) is 38.9 Å². The number of halogens is 2. The number of amides is 4. The van der Waals surface area contributed by atoms with Crippen LogP contribution in [-0.2, 0) is 14.3 Å². The van der Waals surface area contributed by atoms with Crippen molar-refractivity contribution < 1.29 is 23.5 Å². The molecule has 1 aromatic carbocycles. The highest BCUT2D eigenvalue weighted by atomic mass is 35.5. The highest BCUT2D eigenvalue weighted by Gasteiger charge is 2.40. The van der Waals surface area contributed by atoms with Crippen LogP contribution in [-0.4, -0.2) is 58.4 Å². The van der Waals surface area contributed by atoms with Crippen LogP contribution in [0.15, 0.2) is 61.0 Å². The largest absolute Gasteiger partial charge is 0.380 e. The fourth-order valence-electron chi connectivity index (χ4n) is 5.26.